The van der Waals surface area contributed by atoms with Crippen molar-refractivity contribution in [2.45, 2.75) is 69.2 Å². The van der Waals surface area contributed by atoms with E-state index in [2.05, 4.69) is 23.5 Å². The van der Waals surface area contributed by atoms with Crippen molar-refractivity contribution in [2.75, 3.05) is 20.2 Å². The van der Waals surface area contributed by atoms with Crippen molar-refractivity contribution in [1.29, 1.82) is 0 Å². The van der Waals surface area contributed by atoms with Crippen molar-refractivity contribution in [2.24, 2.45) is 0 Å². The molecule has 0 spiro atoms. The molecule has 7 heteroatoms. The first-order valence-corrected chi connectivity index (χ1v) is 13.5. The standard InChI is InChI=1S/C26H34N2O4S/c1-3-24(21-12-11-19-9-5-6-10-20(19)17-21)27-26(29)23-18-22(13-14-25(23)32-2)33(30,31)28-15-7-4-8-16-28/h11-14,17-18,24H,3-10,15-16H2,1-2H3,(H,27,29)/t24-/m0/s1. The fourth-order valence-electron chi connectivity index (χ4n) is 4.91. The van der Waals surface area contributed by atoms with Gasteiger partial charge in [0.15, 0.2) is 0 Å². The molecule has 1 aliphatic heterocycles. The Kier molecular flexibility index (Phi) is 7.39. The van der Waals surface area contributed by atoms with Gasteiger partial charge in [0.25, 0.3) is 5.91 Å². The fourth-order valence-corrected chi connectivity index (χ4v) is 6.45. The number of amides is 1. The molecular weight excluding hydrogens is 436 g/mol. The second-order valence-corrected chi connectivity index (χ2v) is 10.9. The van der Waals surface area contributed by atoms with Gasteiger partial charge in [-0.3, -0.25) is 4.79 Å². The van der Waals surface area contributed by atoms with Crippen molar-refractivity contribution in [3.8, 4) is 5.75 Å². The van der Waals surface area contributed by atoms with Gasteiger partial charge in [-0.1, -0.05) is 31.5 Å². The lowest BCUT2D eigenvalue weighted by atomic mass is 9.88. The molecule has 1 fully saturated rings. The molecule has 33 heavy (non-hydrogen) atoms. The molecular formula is C26H34N2O4S. The highest BCUT2D eigenvalue weighted by atomic mass is 32.2. The first-order valence-electron chi connectivity index (χ1n) is 12.0. The van der Waals surface area contributed by atoms with Gasteiger partial charge in [-0.05, 0) is 79.8 Å². The van der Waals surface area contributed by atoms with E-state index in [-0.39, 0.29) is 22.4 Å². The minimum absolute atomic E-state index is 0.136. The molecule has 1 atom stereocenters. The van der Waals surface area contributed by atoms with Crippen LogP contribution in [-0.2, 0) is 22.9 Å². The quantitative estimate of drug-likeness (QED) is 0.640. The molecule has 1 saturated heterocycles. The number of hydrogen-bond acceptors (Lipinski definition) is 4. The van der Waals surface area contributed by atoms with E-state index in [0.29, 0.717) is 18.8 Å². The van der Waals surface area contributed by atoms with Crippen molar-refractivity contribution >= 4 is 15.9 Å². The summed E-state index contributed by atoms with van der Waals surface area (Å²) in [6.07, 6.45) is 8.14. The third-order valence-corrected chi connectivity index (χ3v) is 8.75. The Morgan fingerprint density at radius 3 is 2.42 bits per heavy atom. The molecule has 0 unspecified atom stereocenters. The fraction of sp³-hybridized carbons (Fsp3) is 0.500. The Balaban J connectivity index is 1.59. The SMILES string of the molecule is CC[C@H](NC(=O)c1cc(S(=O)(=O)N2CCCCC2)ccc1OC)c1ccc2c(c1)CCCC2. The molecule has 0 radical (unpaired) electrons. The summed E-state index contributed by atoms with van der Waals surface area (Å²) in [5.74, 6) is 0.0394. The third kappa shape index (κ3) is 5.09. The number of carbonyl (C=O) groups excluding carboxylic acids is 1. The minimum Gasteiger partial charge on any atom is -0.496 e. The van der Waals surface area contributed by atoms with E-state index in [1.54, 1.807) is 6.07 Å². The second kappa shape index (κ2) is 10.3. The van der Waals surface area contributed by atoms with Crippen molar-refractivity contribution in [1.82, 2.24) is 9.62 Å². The number of nitrogens with zero attached hydrogens (tertiary/aromatic N) is 1. The van der Waals surface area contributed by atoms with Crippen LogP contribution in [0.25, 0.3) is 0 Å². The summed E-state index contributed by atoms with van der Waals surface area (Å²) in [5.41, 5.74) is 4.11. The van der Waals surface area contributed by atoms with Crippen LogP contribution in [-0.4, -0.2) is 38.8 Å². The first kappa shape index (κ1) is 23.8. The lowest BCUT2D eigenvalue weighted by molar-refractivity contribution is 0.0932. The lowest BCUT2D eigenvalue weighted by Crippen LogP contribution is -2.36. The van der Waals surface area contributed by atoms with Crippen LogP contribution in [0, 0.1) is 0 Å². The van der Waals surface area contributed by atoms with Crippen molar-refractivity contribution in [3.63, 3.8) is 0 Å². The van der Waals surface area contributed by atoms with E-state index >= 15 is 0 Å². The predicted molar refractivity (Wildman–Crippen MR) is 129 cm³/mol. The highest BCUT2D eigenvalue weighted by molar-refractivity contribution is 7.89. The molecule has 6 nitrogen and oxygen atoms in total. The second-order valence-electron chi connectivity index (χ2n) is 9.00. The lowest BCUT2D eigenvalue weighted by Gasteiger charge is -2.26. The molecule has 1 N–H and O–H groups in total. The van der Waals surface area contributed by atoms with Gasteiger partial charge in [0.2, 0.25) is 10.0 Å². The van der Waals surface area contributed by atoms with Crippen LogP contribution < -0.4 is 10.1 Å². The molecule has 0 saturated carbocycles. The average Bonchev–Trinajstić information content (AvgIpc) is 2.86. The molecule has 1 heterocycles. The number of fused-ring (bicyclic) bond motifs is 1. The van der Waals surface area contributed by atoms with Crippen LogP contribution in [0.5, 0.6) is 5.75 Å². The number of carbonyl (C=O) groups is 1. The van der Waals surface area contributed by atoms with E-state index in [9.17, 15) is 13.2 Å². The zero-order valence-electron chi connectivity index (χ0n) is 19.6. The van der Waals surface area contributed by atoms with Crippen LogP contribution in [0.1, 0.15) is 78.5 Å². The zero-order valence-corrected chi connectivity index (χ0v) is 20.4. The Morgan fingerprint density at radius 2 is 1.73 bits per heavy atom. The number of nitrogens with one attached hydrogen (secondary N) is 1. The Morgan fingerprint density at radius 1 is 1.00 bits per heavy atom. The van der Waals surface area contributed by atoms with Crippen LogP contribution in [0.4, 0.5) is 0 Å². The smallest absolute Gasteiger partial charge is 0.255 e. The highest BCUT2D eigenvalue weighted by Crippen LogP contribution is 2.29. The minimum atomic E-state index is -3.64. The van der Waals surface area contributed by atoms with Crippen molar-refractivity contribution < 1.29 is 17.9 Å². The molecule has 0 aromatic heterocycles. The predicted octanol–water partition coefficient (Wildman–Crippen LogP) is 4.63. The Labute approximate surface area is 197 Å². The summed E-state index contributed by atoms with van der Waals surface area (Å²) in [7, 11) is -2.15. The molecule has 178 valence electrons. The third-order valence-electron chi connectivity index (χ3n) is 6.86. The highest BCUT2D eigenvalue weighted by Gasteiger charge is 2.28. The molecule has 1 amide bonds. The van der Waals surface area contributed by atoms with Gasteiger partial charge in [-0.2, -0.15) is 4.31 Å². The van der Waals surface area contributed by atoms with E-state index in [0.717, 1.165) is 44.1 Å². The van der Waals surface area contributed by atoms with Crippen LogP contribution in [0.15, 0.2) is 41.3 Å². The monoisotopic (exact) mass is 470 g/mol. The molecule has 0 bridgehead atoms. The van der Waals surface area contributed by atoms with Gasteiger partial charge in [0, 0.05) is 13.1 Å². The van der Waals surface area contributed by atoms with E-state index in [1.165, 1.54) is 47.5 Å². The maximum atomic E-state index is 13.3. The summed E-state index contributed by atoms with van der Waals surface area (Å²) in [6.45, 7) is 3.08. The first-order chi connectivity index (χ1) is 15.9. The van der Waals surface area contributed by atoms with Gasteiger partial charge in [0.05, 0.1) is 23.6 Å². The number of ether oxygens (including phenoxy) is 1. The Bertz CT molecular complexity index is 1110. The summed E-state index contributed by atoms with van der Waals surface area (Å²) in [6, 6.07) is 10.9. The number of aryl methyl sites for hydroxylation is 2. The summed E-state index contributed by atoms with van der Waals surface area (Å²) >= 11 is 0. The maximum Gasteiger partial charge on any atom is 0.255 e. The summed E-state index contributed by atoms with van der Waals surface area (Å²) < 4.78 is 33.2. The van der Waals surface area contributed by atoms with Crippen LogP contribution >= 0.6 is 0 Å². The normalized spacial score (nSPS) is 17.8. The molecule has 2 aromatic carbocycles. The van der Waals surface area contributed by atoms with Gasteiger partial charge in [-0.25, -0.2) is 8.42 Å². The van der Waals surface area contributed by atoms with Crippen LogP contribution in [0.3, 0.4) is 0 Å². The topological polar surface area (TPSA) is 75.7 Å². The number of piperidine rings is 1. The van der Waals surface area contributed by atoms with E-state index < -0.39 is 10.0 Å². The van der Waals surface area contributed by atoms with E-state index in [4.69, 9.17) is 4.74 Å². The summed E-state index contributed by atoms with van der Waals surface area (Å²) in [4.78, 5) is 13.4. The maximum absolute atomic E-state index is 13.3. The van der Waals surface area contributed by atoms with Crippen molar-refractivity contribution in [3.05, 3.63) is 58.7 Å². The number of sulfonamides is 1. The number of hydrogen-bond donors (Lipinski definition) is 1. The van der Waals surface area contributed by atoms with Gasteiger partial charge in [0.1, 0.15) is 5.75 Å². The van der Waals surface area contributed by atoms with Crippen LogP contribution in [0.2, 0.25) is 0 Å². The number of benzene rings is 2. The zero-order chi connectivity index (χ0) is 23.4. The number of rotatable bonds is 7. The molecule has 1 aliphatic carbocycles. The van der Waals surface area contributed by atoms with Gasteiger partial charge in [-0.15, -0.1) is 0 Å². The van der Waals surface area contributed by atoms with Gasteiger partial charge < -0.3 is 10.1 Å². The molecule has 4 rings (SSSR count). The summed E-state index contributed by atoms with van der Waals surface area (Å²) in [5, 5.41) is 3.11. The number of methoxy groups -OCH3 is 1. The molecule has 2 aromatic rings. The average molecular weight is 471 g/mol. The Hall–Kier alpha value is -2.38. The van der Waals surface area contributed by atoms with E-state index in [1.807, 2.05) is 6.92 Å². The van der Waals surface area contributed by atoms with Gasteiger partial charge >= 0.3 is 0 Å². The molecule has 2 aliphatic rings. The largest absolute Gasteiger partial charge is 0.496 e.